The second-order valence-corrected chi connectivity index (χ2v) is 4.39. The summed E-state index contributed by atoms with van der Waals surface area (Å²) in [7, 11) is 3.31. The Morgan fingerprint density at radius 2 is 2.17 bits per heavy atom. The molecule has 2 rings (SSSR count). The quantitative estimate of drug-likeness (QED) is 0.424. The molecule has 8 nitrogen and oxygen atoms in total. The fourth-order valence-corrected chi connectivity index (χ4v) is 2.12. The van der Waals surface area contributed by atoms with Crippen LogP contribution in [0.4, 0.5) is 4.79 Å². The fraction of sp³-hybridized carbons (Fsp3) is 0.800. The van der Waals surface area contributed by atoms with E-state index < -0.39 is 6.04 Å². The van der Waals surface area contributed by atoms with Crippen molar-refractivity contribution < 1.29 is 14.3 Å². The highest BCUT2D eigenvalue weighted by Gasteiger charge is 2.45. The van der Waals surface area contributed by atoms with Crippen LogP contribution in [0, 0.1) is 0 Å². The van der Waals surface area contributed by atoms with E-state index in [0.717, 1.165) is 13.0 Å². The lowest BCUT2D eigenvalue weighted by Gasteiger charge is -2.32. The van der Waals surface area contributed by atoms with Crippen molar-refractivity contribution in [2.75, 3.05) is 27.3 Å². The summed E-state index contributed by atoms with van der Waals surface area (Å²) >= 11 is 0. The van der Waals surface area contributed by atoms with Gasteiger partial charge in [-0.25, -0.2) is 4.79 Å². The molecule has 2 aliphatic rings. The van der Waals surface area contributed by atoms with Gasteiger partial charge in [0.15, 0.2) is 0 Å². The van der Waals surface area contributed by atoms with E-state index in [1.165, 1.54) is 4.90 Å². The van der Waals surface area contributed by atoms with E-state index in [-0.39, 0.29) is 24.4 Å². The molecule has 0 aromatic heterocycles. The minimum absolute atomic E-state index is 0.184. The van der Waals surface area contributed by atoms with Gasteiger partial charge in [0.25, 0.3) is 0 Å². The molecule has 3 amide bonds. The lowest BCUT2D eigenvalue weighted by Crippen LogP contribution is -2.64. The van der Waals surface area contributed by atoms with Crippen LogP contribution in [0.1, 0.15) is 6.42 Å². The third-order valence-corrected chi connectivity index (χ3v) is 3.12. The number of carbonyl (C=O) groups excluding carboxylic acids is 2. The fourth-order valence-electron chi connectivity index (χ4n) is 2.12. The van der Waals surface area contributed by atoms with E-state index in [2.05, 4.69) is 21.3 Å². The number of carbonyl (C=O) groups is 2. The van der Waals surface area contributed by atoms with Crippen LogP contribution in [0.15, 0.2) is 0 Å². The molecule has 0 aromatic rings. The SMILES string of the molecule is COCCCNC1NC2C(=O)NC(=O)N(C)C2N1. The van der Waals surface area contributed by atoms with Crippen molar-refractivity contribution in [2.24, 2.45) is 0 Å². The van der Waals surface area contributed by atoms with E-state index in [4.69, 9.17) is 4.74 Å². The van der Waals surface area contributed by atoms with E-state index in [9.17, 15) is 9.59 Å². The summed E-state index contributed by atoms with van der Waals surface area (Å²) < 4.78 is 4.95. The molecule has 8 heteroatoms. The largest absolute Gasteiger partial charge is 0.385 e. The number of ether oxygens (including phenoxy) is 1. The van der Waals surface area contributed by atoms with Crippen molar-refractivity contribution >= 4 is 11.9 Å². The van der Waals surface area contributed by atoms with Crippen molar-refractivity contribution in [2.45, 2.75) is 24.9 Å². The first-order chi connectivity index (χ1) is 8.63. The Labute approximate surface area is 105 Å². The molecule has 0 bridgehead atoms. The molecule has 0 aromatic carbocycles. The number of nitrogens with zero attached hydrogens (tertiary/aromatic N) is 1. The Morgan fingerprint density at radius 3 is 2.89 bits per heavy atom. The van der Waals surface area contributed by atoms with Gasteiger partial charge in [0.2, 0.25) is 5.91 Å². The Bertz CT molecular complexity index is 337. The van der Waals surface area contributed by atoms with E-state index in [1.54, 1.807) is 14.2 Å². The molecule has 2 saturated heterocycles. The molecular weight excluding hydrogens is 238 g/mol. The summed E-state index contributed by atoms with van der Waals surface area (Å²) in [6, 6.07) is -0.803. The van der Waals surface area contributed by atoms with Gasteiger partial charge in [0.05, 0.1) is 0 Å². The summed E-state index contributed by atoms with van der Waals surface area (Å²) in [5.74, 6) is -0.295. The van der Waals surface area contributed by atoms with Gasteiger partial charge in [0, 0.05) is 20.8 Å². The molecule has 2 heterocycles. The molecule has 0 spiro atoms. The van der Waals surface area contributed by atoms with E-state index in [0.29, 0.717) is 6.61 Å². The van der Waals surface area contributed by atoms with Crippen LogP contribution in [0.5, 0.6) is 0 Å². The Balaban J connectivity index is 1.85. The summed E-state index contributed by atoms with van der Waals surface area (Å²) in [4.78, 5) is 24.6. The number of nitrogens with one attached hydrogen (secondary N) is 4. The molecule has 0 aliphatic carbocycles. The van der Waals surface area contributed by atoms with E-state index >= 15 is 0 Å². The standard InChI is InChI=1S/C10H19N5O3/c1-15-7-6(8(16)14-10(15)17)12-9(13-7)11-4-3-5-18-2/h6-7,9,11-13H,3-5H2,1-2H3,(H,14,16,17). The minimum atomic E-state index is -0.423. The highest BCUT2D eigenvalue weighted by molar-refractivity contribution is 6.00. The van der Waals surface area contributed by atoms with Gasteiger partial charge in [-0.1, -0.05) is 0 Å². The molecule has 4 N–H and O–H groups in total. The van der Waals surface area contributed by atoms with Gasteiger partial charge in [-0.3, -0.25) is 26.1 Å². The molecule has 18 heavy (non-hydrogen) atoms. The van der Waals surface area contributed by atoms with Crippen LogP contribution in [-0.4, -0.2) is 62.6 Å². The maximum Gasteiger partial charge on any atom is 0.325 e. The van der Waals surface area contributed by atoms with Gasteiger partial charge >= 0.3 is 6.03 Å². The molecule has 0 radical (unpaired) electrons. The zero-order valence-corrected chi connectivity index (χ0v) is 10.5. The lowest BCUT2D eigenvalue weighted by atomic mass is 10.2. The molecular formula is C10H19N5O3. The van der Waals surface area contributed by atoms with Gasteiger partial charge in [-0.05, 0) is 13.0 Å². The zero-order chi connectivity index (χ0) is 13.1. The first kappa shape index (κ1) is 13.2. The number of rotatable bonds is 5. The second kappa shape index (κ2) is 5.61. The molecule has 2 aliphatic heterocycles. The average molecular weight is 257 g/mol. The van der Waals surface area contributed by atoms with Gasteiger partial charge in [0.1, 0.15) is 18.5 Å². The molecule has 0 saturated carbocycles. The topological polar surface area (TPSA) is 94.7 Å². The van der Waals surface area contributed by atoms with Crippen molar-refractivity contribution in [1.29, 1.82) is 0 Å². The number of likely N-dealkylation sites (N-methyl/N-ethyl adjacent to an activating group) is 1. The smallest absolute Gasteiger partial charge is 0.325 e. The molecule has 102 valence electrons. The maximum absolute atomic E-state index is 11.6. The van der Waals surface area contributed by atoms with Crippen LogP contribution in [-0.2, 0) is 9.53 Å². The normalized spacial score (nSPS) is 31.4. The van der Waals surface area contributed by atoms with Crippen molar-refractivity contribution in [3.05, 3.63) is 0 Å². The monoisotopic (exact) mass is 257 g/mol. The number of methoxy groups -OCH3 is 1. The third-order valence-electron chi connectivity index (χ3n) is 3.12. The minimum Gasteiger partial charge on any atom is -0.385 e. The highest BCUT2D eigenvalue weighted by atomic mass is 16.5. The second-order valence-electron chi connectivity index (χ2n) is 4.39. The Hall–Kier alpha value is -1.22. The van der Waals surface area contributed by atoms with Crippen LogP contribution < -0.4 is 21.3 Å². The van der Waals surface area contributed by atoms with Gasteiger partial charge in [-0.15, -0.1) is 0 Å². The van der Waals surface area contributed by atoms with Crippen molar-refractivity contribution in [3.63, 3.8) is 0 Å². The number of amides is 3. The Morgan fingerprint density at radius 1 is 1.39 bits per heavy atom. The number of imide groups is 1. The van der Waals surface area contributed by atoms with Crippen molar-refractivity contribution in [1.82, 2.24) is 26.2 Å². The van der Waals surface area contributed by atoms with Crippen LogP contribution >= 0.6 is 0 Å². The zero-order valence-electron chi connectivity index (χ0n) is 10.5. The van der Waals surface area contributed by atoms with Crippen LogP contribution in [0.25, 0.3) is 0 Å². The van der Waals surface area contributed by atoms with Gasteiger partial charge < -0.3 is 9.64 Å². The number of urea groups is 1. The van der Waals surface area contributed by atoms with Crippen LogP contribution in [0.3, 0.4) is 0 Å². The average Bonchev–Trinajstić information content (AvgIpc) is 2.77. The van der Waals surface area contributed by atoms with Gasteiger partial charge in [-0.2, -0.15) is 0 Å². The number of fused-ring (bicyclic) bond motifs is 1. The first-order valence-electron chi connectivity index (χ1n) is 5.95. The summed E-state index contributed by atoms with van der Waals surface area (Å²) in [6.45, 7) is 1.45. The lowest BCUT2D eigenvalue weighted by molar-refractivity contribution is -0.124. The predicted molar refractivity (Wildman–Crippen MR) is 63.4 cm³/mol. The summed E-state index contributed by atoms with van der Waals surface area (Å²) in [6.07, 6.45) is 0.384. The van der Waals surface area contributed by atoms with Crippen molar-refractivity contribution in [3.8, 4) is 0 Å². The summed E-state index contributed by atoms with van der Waals surface area (Å²) in [5.41, 5.74) is 0. The Kier molecular flexibility index (Phi) is 4.12. The molecule has 3 unspecified atom stereocenters. The third kappa shape index (κ3) is 2.61. The van der Waals surface area contributed by atoms with E-state index in [1.807, 2.05) is 0 Å². The molecule has 3 atom stereocenters. The number of hydrogen-bond acceptors (Lipinski definition) is 6. The predicted octanol–water partition coefficient (Wildman–Crippen LogP) is -2.03. The number of hydrogen-bond donors (Lipinski definition) is 4. The maximum atomic E-state index is 11.6. The highest BCUT2D eigenvalue weighted by Crippen LogP contribution is 2.12. The first-order valence-corrected chi connectivity index (χ1v) is 5.95. The molecule has 2 fully saturated rings. The summed E-state index contributed by atoms with van der Waals surface area (Å²) in [5, 5.41) is 11.8. The van der Waals surface area contributed by atoms with Crippen LogP contribution in [0.2, 0.25) is 0 Å².